The van der Waals surface area contributed by atoms with Crippen molar-refractivity contribution in [2.24, 2.45) is 0 Å². The molecule has 1 aromatic carbocycles. The second-order valence-corrected chi connectivity index (χ2v) is 5.21. The summed E-state index contributed by atoms with van der Waals surface area (Å²) in [6.45, 7) is 2.12. The molecule has 0 aliphatic carbocycles. The number of carbonyl (C=O) groups is 1. The molecule has 0 spiro atoms. The molecule has 5 heteroatoms. The van der Waals surface area contributed by atoms with E-state index in [4.69, 9.17) is 19.9 Å². The summed E-state index contributed by atoms with van der Waals surface area (Å²) in [4.78, 5) is 11.9. The van der Waals surface area contributed by atoms with Crippen molar-refractivity contribution < 1.29 is 19.0 Å². The number of carbonyl (C=O) groups excluding carboxylic acids is 1. The minimum absolute atomic E-state index is 0.361. The van der Waals surface area contributed by atoms with Crippen molar-refractivity contribution in [3.8, 4) is 5.75 Å². The Balaban J connectivity index is 2.08. The molecule has 2 aliphatic rings. The van der Waals surface area contributed by atoms with E-state index in [1.54, 1.807) is 0 Å². The number of esters is 1. The molecular formula is C15H19NO4. The van der Waals surface area contributed by atoms with Crippen molar-refractivity contribution in [3.05, 3.63) is 22.8 Å². The Labute approximate surface area is 118 Å². The molecule has 3 rings (SSSR count). The van der Waals surface area contributed by atoms with E-state index in [1.807, 2.05) is 6.07 Å². The van der Waals surface area contributed by atoms with Crippen LogP contribution in [0.1, 0.15) is 40.2 Å². The molecule has 20 heavy (non-hydrogen) atoms. The summed E-state index contributed by atoms with van der Waals surface area (Å²) in [7, 11) is 1.37. The van der Waals surface area contributed by atoms with Gasteiger partial charge in [-0.3, -0.25) is 0 Å². The summed E-state index contributed by atoms with van der Waals surface area (Å²) < 4.78 is 16.0. The highest BCUT2D eigenvalue weighted by molar-refractivity contribution is 5.97. The number of rotatable bonds is 2. The number of nitrogen functional groups attached to an aromatic ring is 1. The molecule has 0 aromatic heterocycles. The SMILES string of the molecule is COC(=O)c1cc(C2CCOCC2)c2c(c1N)CCO2. The minimum Gasteiger partial charge on any atom is -0.493 e. The van der Waals surface area contributed by atoms with Crippen molar-refractivity contribution in [3.63, 3.8) is 0 Å². The highest BCUT2D eigenvalue weighted by Crippen LogP contribution is 2.42. The van der Waals surface area contributed by atoms with Crippen molar-refractivity contribution >= 4 is 11.7 Å². The lowest BCUT2D eigenvalue weighted by Gasteiger charge is -2.25. The van der Waals surface area contributed by atoms with Crippen LogP contribution < -0.4 is 10.5 Å². The molecular weight excluding hydrogens is 258 g/mol. The zero-order valence-corrected chi connectivity index (χ0v) is 11.6. The molecule has 2 heterocycles. The third kappa shape index (κ3) is 2.12. The molecule has 0 amide bonds. The summed E-state index contributed by atoms with van der Waals surface area (Å²) >= 11 is 0. The van der Waals surface area contributed by atoms with Gasteiger partial charge < -0.3 is 19.9 Å². The molecule has 0 bridgehead atoms. The van der Waals surface area contributed by atoms with E-state index in [9.17, 15) is 4.79 Å². The molecule has 1 aromatic rings. The average Bonchev–Trinajstić information content (AvgIpc) is 2.98. The van der Waals surface area contributed by atoms with Crippen molar-refractivity contribution in [2.75, 3.05) is 32.7 Å². The summed E-state index contributed by atoms with van der Waals surface area (Å²) in [6, 6.07) is 1.85. The van der Waals surface area contributed by atoms with E-state index >= 15 is 0 Å². The number of fused-ring (bicyclic) bond motifs is 1. The largest absolute Gasteiger partial charge is 0.493 e. The number of ether oxygens (including phenoxy) is 3. The summed E-state index contributed by atoms with van der Waals surface area (Å²) in [6.07, 6.45) is 2.64. The van der Waals surface area contributed by atoms with Crippen molar-refractivity contribution in [2.45, 2.75) is 25.2 Å². The van der Waals surface area contributed by atoms with E-state index in [0.29, 0.717) is 23.8 Å². The molecule has 1 fully saturated rings. The van der Waals surface area contributed by atoms with Gasteiger partial charge in [0.2, 0.25) is 0 Å². The summed E-state index contributed by atoms with van der Waals surface area (Å²) in [5.74, 6) is 0.854. The quantitative estimate of drug-likeness (QED) is 0.660. The third-order valence-corrected chi connectivity index (χ3v) is 4.12. The Morgan fingerprint density at radius 2 is 2.10 bits per heavy atom. The normalized spacial score (nSPS) is 18.4. The van der Waals surface area contributed by atoms with E-state index in [2.05, 4.69) is 0 Å². The Kier molecular flexibility index (Phi) is 3.53. The Hall–Kier alpha value is -1.75. The average molecular weight is 277 g/mol. The lowest BCUT2D eigenvalue weighted by Crippen LogP contribution is -2.16. The van der Waals surface area contributed by atoms with E-state index in [0.717, 1.165) is 49.4 Å². The first-order chi connectivity index (χ1) is 9.72. The van der Waals surface area contributed by atoms with Gasteiger partial charge in [0.25, 0.3) is 0 Å². The first kappa shape index (κ1) is 13.2. The zero-order chi connectivity index (χ0) is 14.1. The predicted molar refractivity (Wildman–Crippen MR) is 74.2 cm³/mol. The Morgan fingerprint density at radius 3 is 2.80 bits per heavy atom. The van der Waals surface area contributed by atoms with Crippen LogP contribution in [0.25, 0.3) is 0 Å². The molecule has 5 nitrogen and oxygen atoms in total. The Bertz CT molecular complexity index is 535. The van der Waals surface area contributed by atoms with E-state index in [1.165, 1.54) is 7.11 Å². The lowest BCUT2D eigenvalue weighted by molar-refractivity contribution is 0.0601. The van der Waals surface area contributed by atoms with Crippen LogP contribution in [-0.4, -0.2) is 32.9 Å². The molecule has 1 saturated heterocycles. The number of methoxy groups -OCH3 is 1. The van der Waals surface area contributed by atoms with Gasteiger partial charge in [-0.25, -0.2) is 4.79 Å². The van der Waals surface area contributed by atoms with Gasteiger partial charge in [-0.2, -0.15) is 0 Å². The van der Waals surface area contributed by atoms with E-state index in [-0.39, 0.29) is 5.97 Å². The monoisotopic (exact) mass is 277 g/mol. The van der Waals surface area contributed by atoms with E-state index < -0.39 is 0 Å². The second kappa shape index (κ2) is 5.32. The highest BCUT2D eigenvalue weighted by atomic mass is 16.5. The van der Waals surface area contributed by atoms with Gasteiger partial charge in [-0.15, -0.1) is 0 Å². The van der Waals surface area contributed by atoms with Crippen LogP contribution >= 0.6 is 0 Å². The van der Waals surface area contributed by atoms with Gasteiger partial charge in [0, 0.05) is 25.2 Å². The lowest BCUT2D eigenvalue weighted by atomic mass is 9.87. The van der Waals surface area contributed by atoms with Gasteiger partial charge in [0.1, 0.15) is 5.75 Å². The number of anilines is 1. The number of hydrogen-bond donors (Lipinski definition) is 1. The molecule has 2 N–H and O–H groups in total. The first-order valence-corrected chi connectivity index (χ1v) is 6.96. The zero-order valence-electron chi connectivity index (χ0n) is 11.6. The second-order valence-electron chi connectivity index (χ2n) is 5.21. The summed E-state index contributed by atoms with van der Waals surface area (Å²) in [5.41, 5.74) is 9.09. The smallest absolute Gasteiger partial charge is 0.339 e. The van der Waals surface area contributed by atoms with Gasteiger partial charge in [0.05, 0.1) is 25.0 Å². The summed E-state index contributed by atoms with van der Waals surface area (Å²) in [5, 5.41) is 0. The fourth-order valence-electron chi connectivity index (χ4n) is 3.02. The van der Waals surface area contributed by atoms with Crippen LogP contribution in [0.5, 0.6) is 5.75 Å². The van der Waals surface area contributed by atoms with Crippen LogP contribution in [0.4, 0.5) is 5.69 Å². The fourth-order valence-corrected chi connectivity index (χ4v) is 3.02. The number of hydrogen-bond acceptors (Lipinski definition) is 5. The fraction of sp³-hybridized carbons (Fsp3) is 0.533. The van der Waals surface area contributed by atoms with Crippen molar-refractivity contribution in [1.82, 2.24) is 0 Å². The minimum atomic E-state index is -0.384. The van der Waals surface area contributed by atoms with Gasteiger partial charge >= 0.3 is 5.97 Å². The first-order valence-electron chi connectivity index (χ1n) is 6.96. The number of nitrogens with two attached hydrogens (primary N) is 1. The van der Waals surface area contributed by atoms with Crippen LogP contribution in [0.3, 0.4) is 0 Å². The van der Waals surface area contributed by atoms with Crippen LogP contribution in [0.15, 0.2) is 6.07 Å². The van der Waals surface area contributed by atoms with Crippen molar-refractivity contribution in [1.29, 1.82) is 0 Å². The molecule has 108 valence electrons. The molecule has 0 saturated carbocycles. The van der Waals surface area contributed by atoms with Gasteiger partial charge in [0.15, 0.2) is 0 Å². The van der Waals surface area contributed by atoms with Gasteiger partial charge in [-0.05, 0) is 30.4 Å². The standard InChI is InChI=1S/C15H19NO4/c1-18-15(17)12-8-11(9-2-5-19-6-3-9)14-10(13(12)16)4-7-20-14/h8-9H,2-7,16H2,1H3. The van der Waals surface area contributed by atoms with Crippen LogP contribution in [0.2, 0.25) is 0 Å². The third-order valence-electron chi connectivity index (χ3n) is 4.12. The Morgan fingerprint density at radius 1 is 1.35 bits per heavy atom. The van der Waals surface area contributed by atoms with Crippen LogP contribution in [0, 0.1) is 0 Å². The number of benzene rings is 1. The maximum Gasteiger partial charge on any atom is 0.339 e. The molecule has 0 atom stereocenters. The topological polar surface area (TPSA) is 70.8 Å². The van der Waals surface area contributed by atoms with Gasteiger partial charge in [-0.1, -0.05) is 0 Å². The van der Waals surface area contributed by atoms with Crippen LogP contribution in [-0.2, 0) is 15.9 Å². The maximum atomic E-state index is 11.9. The molecule has 0 unspecified atom stereocenters. The highest BCUT2D eigenvalue weighted by Gasteiger charge is 2.29. The molecule has 2 aliphatic heterocycles. The molecule has 0 radical (unpaired) electrons. The maximum absolute atomic E-state index is 11.9. The predicted octanol–water partition coefficient (Wildman–Crippen LogP) is 1.88.